The predicted molar refractivity (Wildman–Crippen MR) is 105 cm³/mol. The molecule has 1 aromatic carbocycles. The summed E-state index contributed by atoms with van der Waals surface area (Å²) in [5.41, 5.74) is 1.07. The zero-order valence-corrected chi connectivity index (χ0v) is 16.0. The average Bonchev–Trinajstić information content (AvgIpc) is 2.60. The number of carboxylic acid groups (broad SMARTS) is 1. The van der Waals surface area contributed by atoms with Gasteiger partial charge >= 0.3 is 5.97 Å². The van der Waals surface area contributed by atoms with Crippen LogP contribution in [0.25, 0.3) is 6.08 Å². The van der Waals surface area contributed by atoms with Gasteiger partial charge in [0.2, 0.25) is 0 Å². The van der Waals surface area contributed by atoms with E-state index in [2.05, 4.69) is 6.92 Å². The fourth-order valence-corrected chi connectivity index (χ4v) is 3.01. The van der Waals surface area contributed by atoms with Gasteiger partial charge in [-0.2, -0.15) is 0 Å². The number of Topliss-reactive ketones (excluding diaryl/α,β-unsaturated/α-hetero) is 1. The molecule has 26 heavy (non-hydrogen) atoms. The van der Waals surface area contributed by atoms with E-state index in [0.29, 0.717) is 6.42 Å². The molecule has 0 saturated carbocycles. The second kappa shape index (κ2) is 12.4. The van der Waals surface area contributed by atoms with Crippen LogP contribution in [0, 0.1) is 5.92 Å². The van der Waals surface area contributed by atoms with Crippen molar-refractivity contribution in [3.63, 3.8) is 0 Å². The van der Waals surface area contributed by atoms with E-state index >= 15 is 0 Å². The van der Waals surface area contributed by atoms with Gasteiger partial charge in [-0.1, -0.05) is 56.9 Å². The third-order valence-electron chi connectivity index (χ3n) is 4.67. The lowest BCUT2D eigenvalue weighted by Gasteiger charge is -2.14. The van der Waals surface area contributed by atoms with Crippen molar-refractivity contribution in [1.82, 2.24) is 0 Å². The Hall–Kier alpha value is -1.94. The monoisotopic (exact) mass is 360 g/mol. The number of allylic oxidation sites excluding steroid dienone is 1. The number of carbonyl (C=O) groups is 2. The Labute approximate surface area is 156 Å². The molecule has 0 aromatic heterocycles. The van der Waals surface area contributed by atoms with Crippen molar-refractivity contribution in [3.05, 3.63) is 41.5 Å². The number of ketones is 1. The molecule has 0 bridgehead atoms. The van der Waals surface area contributed by atoms with E-state index in [4.69, 9.17) is 5.11 Å². The maximum atomic E-state index is 11.8. The molecule has 4 heteroatoms. The fraction of sp³-hybridized carbons (Fsp3) is 0.545. The van der Waals surface area contributed by atoms with Gasteiger partial charge in [-0.05, 0) is 50.3 Å². The van der Waals surface area contributed by atoms with Crippen LogP contribution in [0.15, 0.2) is 30.3 Å². The minimum Gasteiger partial charge on any atom is -0.478 e. The van der Waals surface area contributed by atoms with E-state index in [1.807, 2.05) is 18.2 Å². The first-order valence-corrected chi connectivity index (χ1v) is 9.62. The Bertz CT molecular complexity index is 592. The van der Waals surface area contributed by atoms with Crippen molar-refractivity contribution < 1.29 is 19.8 Å². The molecule has 2 N–H and O–H groups in total. The quantitative estimate of drug-likeness (QED) is 0.480. The van der Waals surface area contributed by atoms with E-state index in [1.54, 1.807) is 25.1 Å². The smallest absolute Gasteiger partial charge is 0.335 e. The highest BCUT2D eigenvalue weighted by Gasteiger charge is 2.13. The summed E-state index contributed by atoms with van der Waals surface area (Å²) >= 11 is 0. The molecule has 4 nitrogen and oxygen atoms in total. The third kappa shape index (κ3) is 8.95. The van der Waals surface area contributed by atoms with Gasteiger partial charge in [0, 0.05) is 5.92 Å². The van der Waals surface area contributed by atoms with E-state index in [-0.39, 0.29) is 23.4 Å². The van der Waals surface area contributed by atoms with Gasteiger partial charge < -0.3 is 10.2 Å². The van der Waals surface area contributed by atoms with Crippen LogP contribution in [0.3, 0.4) is 0 Å². The Kier molecular flexibility index (Phi) is 10.6. The second-order valence-electron chi connectivity index (χ2n) is 6.96. The summed E-state index contributed by atoms with van der Waals surface area (Å²) in [6.45, 7) is 3.76. The van der Waals surface area contributed by atoms with Gasteiger partial charge in [0.15, 0.2) is 0 Å². The zero-order valence-electron chi connectivity index (χ0n) is 16.0. The van der Waals surface area contributed by atoms with Gasteiger partial charge in [-0.25, -0.2) is 4.79 Å². The number of aliphatic hydroxyl groups is 1. The van der Waals surface area contributed by atoms with Gasteiger partial charge in [0.1, 0.15) is 5.78 Å². The van der Waals surface area contributed by atoms with Crippen molar-refractivity contribution in [2.45, 2.75) is 71.3 Å². The number of aromatic carboxylic acids is 1. The van der Waals surface area contributed by atoms with Crippen LogP contribution in [0.1, 0.15) is 81.1 Å². The molecule has 0 aliphatic rings. The molecule has 2 atom stereocenters. The molecule has 0 aliphatic carbocycles. The topological polar surface area (TPSA) is 74.6 Å². The van der Waals surface area contributed by atoms with Gasteiger partial charge in [-0.15, -0.1) is 0 Å². The van der Waals surface area contributed by atoms with E-state index in [1.165, 1.54) is 0 Å². The predicted octanol–water partition coefficient (Wildman–Crippen LogP) is 5.10. The van der Waals surface area contributed by atoms with Crippen molar-refractivity contribution in [2.24, 2.45) is 5.92 Å². The molecule has 1 aromatic rings. The SMILES string of the molecule is CCCCCC(O)CCCC(CC=Cc1cccc(C(=O)O)c1)C(C)=O. The Morgan fingerprint density at radius 3 is 2.50 bits per heavy atom. The highest BCUT2D eigenvalue weighted by atomic mass is 16.4. The van der Waals surface area contributed by atoms with Crippen LogP contribution in [0.2, 0.25) is 0 Å². The van der Waals surface area contributed by atoms with E-state index in [0.717, 1.165) is 50.5 Å². The number of benzene rings is 1. The Morgan fingerprint density at radius 2 is 1.85 bits per heavy atom. The Morgan fingerprint density at radius 1 is 1.12 bits per heavy atom. The number of aliphatic hydroxyl groups excluding tert-OH is 1. The molecule has 1 rings (SSSR count). The summed E-state index contributed by atoms with van der Waals surface area (Å²) in [5.74, 6) is -0.828. The van der Waals surface area contributed by atoms with Gasteiger partial charge in [0.25, 0.3) is 0 Å². The molecule has 0 amide bonds. The molecule has 0 spiro atoms. The lowest BCUT2D eigenvalue weighted by Crippen LogP contribution is -2.12. The largest absolute Gasteiger partial charge is 0.478 e. The van der Waals surface area contributed by atoms with Gasteiger partial charge in [-0.3, -0.25) is 4.79 Å². The van der Waals surface area contributed by atoms with E-state index < -0.39 is 5.97 Å². The zero-order chi connectivity index (χ0) is 19.4. The normalized spacial score (nSPS) is 13.7. The summed E-state index contributed by atoms with van der Waals surface area (Å²) in [6, 6.07) is 6.74. The summed E-state index contributed by atoms with van der Waals surface area (Å²) in [7, 11) is 0. The van der Waals surface area contributed by atoms with Crippen molar-refractivity contribution in [3.8, 4) is 0 Å². The molecule has 0 radical (unpaired) electrons. The molecule has 0 fully saturated rings. The summed E-state index contributed by atoms with van der Waals surface area (Å²) in [5, 5.41) is 19.0. The number of carbonyl (C=O) groups excluding carboxylic acids is 1. The first kappa shape index (κ1) is 22.1. The van der Waals surface area contributed by atoms with Crippen molar-refractivity contribution in [1.29, 1.82) is 0 Å². The molecular formula is C22H32O4. The molecular weight excluding hydrogens is 328 g/mol. The minimum absolute atomic E-state index is 0.0447. The number of hydrogen-bond donors (Lipinski definition) is 2. The Balaban J connectivity index is 2.44. The molecule has 0 saturated heterocycles. The number of hydrogen-bond acceptors (Lipinski definition) is 3. The van der Waals surface area contributed by atoms with Gasteiger partial charge in [0.05, 0.1) is 11.7 Å². The van der Waals surface area contributed by atoms with E-state index in [9.17, 15) is 14.7 Å². The second-order valence-corrected chi connectivity index (χ2v) is 6.96. The van der Waals surface area contributed by atoms with Crippen LogP contribution < -0.4 is 0 Å². The van der Waals surface area contributed by atoms with Crippen molar-refractivity contribution >= 4 is 17.8 Å². The molecule has 2 unspecified atom stereocenters. The first-order chi connectivity index (χ1) is 12.4. The lowest BCUT2D eigenvalue weighted by molar-refractivity contribution is -0.120. The highest BCUT2D eigenvalue weighted by Crippen LogP contribution is 2.18. The molecule has 144 valence electrons. The number of rotatable bonds is 13. The number of unbranched alkanes of at least 4 members (excludes halogenated alkanes) is 2. The maximum Gasteiger partial charge on any atom is 0.335 e. The molecule has 0 heterocycles. The van der Waals surface area contributed by atoms with Crippen LogP contribution in [-0.4, -0.2) is 28.1 Å². The first-order valence-electron chi connectivity index (χ1n) is 9.62. The highest BCUT2D eigenvalue weighted by molar-refractivity contribution is 5.88. The summed E-state index contributed by atoms with van der Waals surface area (Å²) < 4.78 is 0. The number of carboxylic acids is 1. The average molecular weight is 360 g/mol. The van der Waals surface area contributed by atoms with Crippen molar-refractivity contribution in [2.75, 3.05) is 0 Å². The molecule has 0 aliphatic heterocycles. The lowest BCUT2D eigenvalue weighted by atomic mass is 9.92. The minimum atomic E-state index is -0.945. The fourth-order valence-electron chi connectivity index (χ4n) is 3.01. The summed E-state index contributed by atoms with van der Waals surface area (Å²) in [4.78, 5) is 22.8. The van der Waals surface area contributed by atoms with Crippen LogP contribution >= 0.6 is 0 Å². The standard InChI is InChI=1S/C22H32O4/c1-3-4-5-14-21(24)15-8-12-19(17(2)23)11-6-9-18-10-7-13-20(16-18)22(25)26/h6-7,9-10,13,16,19,21,24H,3-5,8,11-12,14-15H2,1-2H3,(H,25,26). The van der Waals surface area contributed by atoms with Crippen LogP contribution in [0.5, 0.6) is 0 Å². The maximum absolute atomic E-state index is 11.8. The summed E-state index contributed by atoms with van der Waals surface area (Å²) in [6.07, 6.45) is 10.8. The van der Waals surface area contributed by atoms with Crippen LogP contribution in [-0.2, 0) is 4.79 Å². The van der Waals surface area contributed by atoms with Crippen LogP contribution in [0.4, 0.5) is 0 Å². The third-order valence-corrected chi connectivity index (χ3v) is 4.67.